The molecule has 0 radical (unpaired) electrons. The number of anilines is 1. The number of cyclic esters (lactones) is 1. The van der Waals surface area contributed by atoms with E-state index in [0.717, 1.165) is 7.11 Å². The molecule has 11 nitrogen and oxygen atoms in total. The first-order chi connectivity index (χ1) is 14.1. The molecule has 0 unspecified atom stereocenters. The number of methoxy groups -OCH3 is 1. The number of carbonyl (C=O) groups excluding carboxylic acids is 3. The monoisotopic (exact) mass is 441 g/mol. The van der Waals surface area contributed by atoms with Crippen LogP contribution in [0.1, 0.15) is 15.9 Å². The second kappa shape index (κ2) is 10.1. The van der Waals surface area contributed by atoms with E-state index in [1.54, 1.807) is 19.0 Å². The first kappa shape index (κ1) is 23.1. The lowest BCUT2D eigenvalue weighted by atomic mass is 10.1. The highest BCUT2D eigenvalue weighted by Crippen LogP contribution is 2.32. The summed E-state index contributed by atoms with van der Waals surface area (Å²) in [5, 5.41) is 23.8. The number of aromatic hydroxyl groups is 1. The minimum Gasteiger partial charge on any atom is -0.508 e. The van der Waals surface area contributed by atoms with Gasteiger partial charge in [-0.15, -0.1) is 0 Å². The Morgan fingerprint density at radius 3 is 2.63 bits per heavy atom. The van der Waals surface area contributed by atoms with Crippen LogP contribution in [-0.2, 0) is 24.8 Å². The van der Waals surface area contributed by atoms with Gasteiger partial charge in [-0.1, -0.05) is 0 Å². The Hall–Kier alpha value is -3.15. The Morgan fingerprint density at radius 1 is 1.33 bits per heavy atom. The zero-order valence-electron chi connectivity index (χ0n) is 16.6. The number of amides is 2. The molecule has 1 heterocycles. The molecule has 2 amide bonds. The van der Waals surface area contributed by atoms with Crippen molar-refractivity contribution in [1.82, 2.24) is 10.6 Å². The van der Waals surface area contributed by atoms with E-state index in [4.69, 9.17) is 9.84 Å². The number of carbonyl (C=O) groups is 4. The number of phenols is 1. The number of hydrogen-bond acceptors (Lipinski definition) is 9. The second-order valence-electron chi connectivity index (χ2n) is 6.59. The van der Waals surface area contributed by atoms with Crippen molar-refractivity contribution >= 4 is 41.4 Å². The van der Waals surface area contributed by atoms with E-state index >= 15 is 0 Å². The molecule has 0 fully saturated rings. The number of nitrogens with one attached hydrogen (secondary N) is 2. The number of phenolic OH excluding ortho intramolecular Hbond substituents is 1. The third kappa shape index (κ3) is 5.69. The number of nitrogens with zero attached hydrogens (tertiary/aromatic N) is 1. The van der Waals surface area contributed by atoms with Crippen LogP contribution in [0.25, 0.3) is 0 Å². The fourth-order valence-electron chi connectivity index (χ4n) is 2.66. The highest BCUT2D eigenvalue weighted by atomic mass is 32.2. The van der Waals surface area contributed by atoms with Crippen LogP contribution >= 0.6 is 11.8 Å². The Bertz CT molecular complexity index is 845. The number of rotatable bonds is 3. The maximum Gasteiger partial charge on any atom is 0.405 e. The molecule has 2 atom stereocenters. The van der Waals surface area contributed by atoms with E-state index in [1.807, 2.05) is 5.32 Å². The van der Waals surface area contributed by atoms with Crippen LogP contribution in [-0.4, -0.2) is 79.8 Å². The topological polar surface area (TPSA) is 155 Å². The minimum atomic E-state index is -1.50. The SMILES string of the molecule is COC(=O)[C@@H]1CSCc2c(O)cc(N(C)C)cc2C(=O)OC[C@H](NC(=O)O)C(=O)N1. The number of thioether (sulfide) groups is 1. The summed E-state index contributed by atoms with van der Waals surface area (Å²) in [6.07, 6.45) is -1.50. The highest BCUT2D eigenvalue weighted by Gasteiger charge is 2.30. The summed E-state index contributed by atoms with van der Waals surface area (Å²) in [5.74, 6) is -2.28. The summed E-state index contributed by atoms with van der Waals surface area (Å²) in [5.41, 5.74) is 0.926. The normalized spacial score (nSPS) is 19.8. The van der Waals surface area contributed by atoms with Crippen molar-refractivity contribution < 1.29 is 38.9 Å². The van der Waals surface area contributed by atoms with Crippen LogP contribution in [0.5, 0.6) is 5.75 Å². The summed E-state index contributed by atoms with van der Waals surface area (Å²) in [4.78, 5) is 49.9. The molecule has 12 heteroatoms. The molecule has 0 saturated heterocycles. The largest absolute Gasteiger partial charge is 0.508 e. The van der Waals surface area contributed by atoms with Gasteiger partial charge in [-0.3, -0.25) is 4.79 Å². The Labute approximate surface area is 176 Å². The number of hydrogen-bond donors (Lipinski definition) is 4. The van der Waals surface area contributed by atoms with E-state index in [0.29, 0.717) is 11.3 Å². The molecular formula is C18H23N3O8S. The van der Waals surface area contributed by atoms with Crippen LogP contribution in [0.2, 0.25) is 0 Å². The average Bonchev–Trinajstić information content (AvgIpc) is 2.68. The quantitative estimate of drug-likeness (QED) is 0.477. The van der Waals surface area contributed by atoms with E-state index < -0.39 is 42.6 Å². The Balaban J connectivity index is 2.44. The fraction of sp³-hybridized carbons (Fsp3) is 0.444. The highest BCUT2D eigenvalue weighted by molar-refractivity contribution is 7.98. The van der Waals surface area contributed by atoms with Gasteiger partial charge in [0.05, 0.1) is 12.7 Å². The van der Waals surface area contributed by atoms with Crippen LogP contribution < -0.4 is 15.5 Å². The number of carboxylic acid groups (broad SMARTS) is 1. The lowest BCUT2D eigenvalue weighted by molar-refractivity contribution is -0.144. The predicted molar refractivity (Wildman–Crippen MR) is 108 cm³/mol. The average molecular weight is 441 g/mol. The van der Waals surface area contributed by atoms with E-state index in [9.17, 15) is 24.3 Å². The molecule has 2 rings (SSSR count). The number of fused-ring (bicyclic) bond motifs is 1. The molecule has 0 aliphatic carbocycles. The fourth-order valence-corrected chi connectivity index (χ4v) is 3.75. The van der Waals surface area contributed by atoms with Crippen LogP contribution in [0.4, 0.5) is 10.5 Å². The summed E-state index contributed by atoms with van der Waals surface area (Å²) < 4.78 is 9.84. The van der Waals surface area contributed by atoms with Crippen molar-refractivity contribution in [2.24, 2.45) is 0 Å². The minimum absolute atomic E-state index is 0.0710. The lowest BCUT2D eigenvalue weighted by Gasteiger charge is -2.23. The molecule has 4 N–H and O–H groups in total. The van der Waals surface area contributed by atoms with Gasteiger partial charge in [0.2, 0.25) is 5.91 Å². The third-order valence-electron chi connectivity index (χ3n) is 4.28. The number of benzene rings is 1. The van der Waals surface area contributed by atoms with Crippen LogP contribution in [0.3, 0.4) is 0 Å². The zero-order valence-corrected chi connectivity index (χ0v) is 17.4. The Morgan fingerprint density at radius 2 is 2.03 bits per heavy atom. The maximum atomic E-state index is 12.7. The van der Waals surface area contributed by atoms with Crippen molar-refractivity contribution in [3.8, 4) is 5.75 Å². The van der Waals surface area contributed by atoms with Crippen molar-refractivity contribution in [3.63, 3.8) is 0 Å². The van der Waals surface area contributed by atoms with Gasteiger partial charge in [0, 0.05) is 42.9 Å². The van der Waals surface area contributed by atoms with Gasteiger partial charge in [-0.2, -0.15) is 11.8 Å². The Kier molecular flexibility index (Phi) is 7.75. The van der Waals surface area contributed by atoms with Crippen LogP contribution in [0, 0.1) is 0 Å². The zero-order chi connectivity index (χ0) is 22.4. The van der Waals surface area contributed by atoms with Gasteiger partial charge in [0.25, 0.3) is 0 Å². The van der Waals surface area contributed by atoms with Gasteiger partial charge in [-0.25, -0.2) is 14.4 Å². The molecule has 0 bridgehead atoms. The lowest BCUT2D eigenvalue weighted by Crippen LogP contribution is -2.54. The third-order valence-corrected chi connectivity index (χ3v) is 5.34. The van der Waals surface area contributed by atoms with Gasteiger partial charge in [0.15, 0.2) is 0 Å². The molecule has 1 aromatic carbocycles. The predicted octanol–water partition coefficient (Wildman–Crippen LogP) is 0.156. The van der Waals surface area contributed by atoms with Crippen molar-refractivity contribution in [2.75, 3.05) is 38.5 Å². The van der Waals surface area contributed by atoms with Gasteiger partial charge < -0.3 is 35.2 Å². The summed E-state index contributed by atoms with van der Waals surface area (Å²) in [7, 11) is 4.62. The first-order valence-electron chi connectivity index (χ1n) is 8.79. The number of ether oxygens (including phenoxy) is 2. The summed E-state index contributed by atoms with van der Waals surface area (Å²) in [6.45, 7) is -0.607. The maximum absolute atomic E-state index is 12.7. The molecule has 30 heavy (non-hydrogen) atoms. The number of esters is 2. The molecule has 164 valence electrons. The molecule has 1 aliphatic rings. The summed E-state index contributed by atoms with van der Waals surface area (Å²) >= 11 is 1.18. The van der Waals surface area contributed by atoms with E-state index in [1.165, 1.54) is 23.9 Å². The second-order valence-corrected chi connectivity index (χ2v) is 7.62. The standard InChI is InChI=1S/C18H23N3O8S/c1-21(2)9-4-10-11(14(22)5-9)7-30-8-13(17(25)28-3)19-15(23)12(20-18(26)27)6-29-16(10)24/h4-5,12-13,20,22H,6-8H2,1-3H3,(H,19,23)(H,26,27)/t12-,13-/m0/s1. The molecular weight excluding hydrogens is 418 g/mol. The summed E-state index contributed by atoms with van der Waals surface area (Å²) in [6, 6.07) is 0.512. The van der Waals surface area contributed by atoms with Gasteiger partial charge in [0.1, 0.15) is 24.4 Å². The smallest absolute Gasteiger partial charge is 0.405 e. The van der Waals surface area contributed by atoms with Crippen molar-refractivity contribution in [2.45, 2.75) is 17.8 Å². The van der Waals surface area contributed by atoms with E-state index in [2.05, 4.69) is 10.1 Å². The van der Waals surface area contributed by atoms with Crippen LogP contribution in [0.15, 0.2) is 12.1 Å². The van der Waals surface area contributed by atoms with E-state index in [-0.39, 0.29) is 22.8 Å². The van der Waals surface area contributed by atoms with Gasteiger partial charge in [-0.05, 0) is 6.07 Å². The molecule has 0 spiro atoms. The molecule has 1 aliphatic heterocycles. The first-order valence-corrected chi connectivity index (χ1v) is 9.95. The van der Waals surface area contributed by atoms with Crippen molar-refractivity contribution in [1.29, 1.82) is 0 Å². The van der Waals surface area contributed by atoms with Crippen molar-refractivity contribution in [3.05, 3.63) is 23.3 Å². The molecule has 0 saturated carbocycles. The molecule has 1 aromatic rings. The van der Waals surface area contributed by atoms with Gasteiger partial charge >= 0.3 is 18.0 Å². The molecule has 0 aromatic heterocycles.